The summed E-state index contributed by atoms with van der Waals surface area (Å²) in [5.74, 6) is 0.528. The molecule has 30 heavy (non-hydrogen) atoms. The molecule has 1 unspecified atom stereocenters. The SMILES string of the molecule is CCc1cccc(CC)c1N1[C@@H](C)C(c2c(C)ccc3ccc(C)cc23)CC1(C)C. The molecule has 1 fully saturated rings. The van der Waals surface area contributed by atoms with Crippen LogP contribution in [0.5, 0.6) is 0 Å². The van der Waals surface area contributed by atoms with Gasteiger partial charge in [0.1, 0.15) is 0 Å². The number of fused-ring (bicyclic) bond motifs is 1. The van der Waals surface area contributed by atoms with E-state index in [0.717, 1.165) is 12.8 Å². The van der Waals surface area contributed by atoms with Crippen LogP contribution in [0.15, 0.2) is 48.5 Å². The third-order valence-electron chi connectivity index (χ3n) is 7.37. The highest BCUT2D eigenvalue weighted by Crippen LogP contribution is 2.50. The molecule has 1 aliphatic rings. The van der Waals surface area contributed by atoms with Gasteiger partial charge in [-0.3, -0.25) is 0 Å². The molecule has 0 aromatic heterocycles. The molecule has 0 aliphatic carbocycles. The molecule has 1 heterocycles. The Balaban J connectivity index is 1.89. The summed E-state index contributed by atoms with van der Waals surface area (Å²) in [5, 5.41) is 2.82. The molecular weight excluding hydrogens is 362 g/mol. The van der Waals surface area contributed by atoms with E-state index >= 15 is 0 Å². The first-order valence-electron chi connectivity index (χ1n) is 11.7. The molecule has 1 aliphatic heterocycles. The van der Waals surface area contributed by atoms with Crippen molar-refractivity contribution in [3.8, 4) is 0 Å². The first-order valence-corrected chi connectivity index (χ1v) is 11.7. The average Bonchev–Trinajstić information content (AvgIpc) is 2.95. The van der Waals surface area contributed by atoms with Crippen molar-refractivity contribution in [1.82, 2.24) is 0 Å². The zero-order chi connectivity index (χ0) is 21.6. The lowest BCUT2D eigenvalue weighted by Crippen LogP contribution is -2.43. The lowest BCUT2D eigenvalue weighted by Gasteiger charge is -2.40. The van der Waals surface area contributed by atoms with Crippen molar-refractivity contribution in [3.63, 3.8) is 0 Å². The molecule has 1 heteroatoms. The molecule has 0 amide bonds. The third kappa shape index (κ3) is 3.33. The molecule has 0 bridgehead atoms. The number of para-hydroxylation sites is 1. The van der Waals surface area contributed by atoms with Gasteiger partial charge in [-0.25, -0.2) is 0 Å². The third-order valence-corrected chi connectivity index (χ3v) is 7.37. The Bertz CT molecular complexity index is 1050. The largest absolute Gasteiger partial charge is 0.363 e. The van der Waals surface area contributed by atoms with Crippen LogP contribution in [0.2, 0.25) is 0 Å². The van der Waals surface area contributed by atoms with E-state index < -0.39 is 0 Å². The van der Waals surface area contributed by atoms with E-state index in [9.17, 15) is 0 Å². The standard InChI is InChI=1S/C29H37N/c1-8-22-11-10-12-23(9-2)28(22)30-21(5)26(18-29(30,6)7)27-20(4)14-16-24-15-13-19(3)17-25(24)27/h10-17,21,26H,8-9,18H2,1-7H3/t21-,26?/m0/s1. The molecule has 0 radical (unpaired) electrons. The normalized spacial score (nSPS) is 20.8. The van der Waals surface area contributed by atoms with Crippen molar-refractivity contribution in [1.29, 1.82) is 0 Å². The number of benzene rings is 3. The average molecular weight is 400 g/mol. The van der Waals surface area contributed by atoms with Gasteiger partial charge in [0.15, 0.2) is 0 Å². The van der Waals surface area contributed by atoms with Crippen LogP contribution in [-0.2, 0) is 12.8 Å². The lowest BCUT2D eigenvalue weighted by atomic mass is 9.83. The summed E-state index contributed by atoms with van der Waals surface area (Å²) < 4.78 is 0. The van der Waals surface area contributed by atoms with Gasteiger partial charge in [-0.2, -0.15) is 0 Å². The summed E-state index contributed by atoms with van der Waals surface area (Å²) in [6.07, 6.45) is 3.35. The molecule has 0 spiro atoms. The topological polar surface area (TPSA) is 3.24 Å². The van der Waals surface area contributed by atoms with Gasteiger partial charge < -0.3 is 4.90 Å². The van der Waals surface area contributed by atoms with Crippen molar-refractivity contribution in [2.45, 2.75) is 85.2 Å². The summed E-state index contributed by atoms with van der Waals surface area (Å²) in [4.78, 5) is 2.77. The van der Waals surface area contributed by atoms with Crippen molar-refractivity contribution in [2.24, 2.45) is 0 Å². The summed E-state index contributed by atoms with van der Waals surface area (Å²) in [6.45, 7) is 16.5. The Morgan fingerprint density at radius 1 is 0.933 bits per heavy atom. The minimum atomic E-state index is 0.123. The molecular formula is C29H37N. The van der Waals surface area contributed by atoms with Crippen LogP contribution >= 0.6 is 0 Å². The van der Waals surface area contributed by atoms with Crippen molar-refractivity contribution in [3.05, 3.63) is 76.3 Å². The van der Waals surface area contributed by atoms with Gasteiger partial charge in [-0.05, 0) is 86.9 Å². The van der Waals surface area contributed by atoms with E-state index in [2.05, 4.69) is 102 Å². The molecule has 1 saturated heterocycles. The quantitative estimate of drug-likeness (QED) is 0.433. The maximum Gasteiger partial charge on any atom is 0.0438 e. The van der Waals surface area contributed by atoms with Crippen molar-refractivity contribution < 1.29 is 0 Å². The summed E-state index contributed by atoms with van der Waals surface area (Å²) in [5.41, 5.74) is 8.93. The number of aryl methyl sites for hydroxylation is 4. The van der Waals surface area contributed by atoms with E-state index in [1.807, 2.05) is 0 Å². The van der Waals surface area contributed by atoms with Crippen molar-refractivity contribution >= 4 is 16.5 Å². The van der Waals surface area contributed by atoms with Gasteiger partial charge in [-0.1, -0.05) is 67.9 Å². The van der Waals surface area contributed by atoms with Gasteiger partial charge in [0, 0.05) is 23.2 Å². The Morgan fingerprint density at radius 2 is 1.57 bits per heavy atom. The number of nitrogens with zero attached hydrogens (tertiary/aromatic N) is 1. The fraction of sp³-hybridized carbons (Fsp3) is 0.448. The Morgan fingerprint density at radius 3 is 2.20 bits per heavy atom. The van der Waals surface area contributed by atoms with Crippen LogP contribution in [0.3, 0.4) is 0 Å². The highest BCUT2D eigenvalue weighted by atomic mass is 15.3. The molecule has 1 nitrogen and oxygen atoms in total. The van der Waals surface area contributed by atoms with E-state index in [1.54, 1.807) is 5.56 Å². The van der Waals surface area contributed by atoms with Gasteiger partial charge in [0.05, 0.1) is 0 Å². The van der Waals surface area contributed by atoms with E-state index in [4.69, 9.17) is 0 Å². The van der Waals surface area contributed by atoms with Crippen LogP contribution in [0.4, 0.5) is 5.69 Å². The van der Waals surface area contributed by atoms with Crippen LogP contribution in [0.1, 0.15) is 74.8 Å². The maximum absolute atomic E-state index is 2.77. The molecule has 4 rings (SSSR count). The lowest BCUT2D eigenvalue weighted by molar-refractivity contribution is 0.501. The number of hydrogen-bond acceptors (Lipinski definition) is 1. The van der Waals surface area contributed by atoms with Gasteiger partial charge in [0.25, 0.3) is 0 Å². The zero-order valence-corrected chi connectivity index (χ0v) is 19.8. The monoisotopic (exact) mass is 399 g/mol. The summed E-state index contributed by atoms with van der Waals surface area (Å²) >= 11 is 0. The minimum absolute atomic E-state index is 0.123. The van der Waals surface area contributed by atoms with Crippen LogP contribution < -0.4 is 4.90 Å². The zero-order valence-electron chi connectivity index (χ0n) is 19.8. The number of rotatable bonds is 4. The predicted octanol–water partition coefficient (Wildman–Crippen LogP) is 7.74. The molecule has 0 N–H and O–H groups in total. The van der Waals surface area contributed by atoms with Gasteiger partial charge >= 0.3 is 0 Å². The Kier molecular flexibility index (Phi) is 5.43. The predicted molar refractivity (Wildman–Crippen MR) is 132 cm³/mol. The van der Waals surface area contributed by atoms with E-state index in [-0.39, 0.29) is 5.54 Å². The smallest absolute Gasteiger partial charge is 0.0438 e. The molecule has 158 valence electrons. The van der Waals surface area contributed by atoms with Crippen molar-refractivity contribution in [2.75, 3.05) is 4.90 Å². The van der Waals surface area contributed by atoms with Gasteiger partial charge in [-0.15, -0.1) is 0 Å². The second-order valence-electron chi connectivity index (χ2n) is 9.89. The van der Waals surface area contributed by atoms with Crippen LogP contribution in [-0.4, -0.2) is 11.6 Å². The maximum atomic E-state index is 2.77. The second kappa shape index (κ2) is 7.76. The molecule has 3 aromatic carbocycles. The van der Waals surface area contributed by atoms with E-state index in [1.165, 1.54) is 45.1 Å². The first-order chi connectivity index (χ1) is 14.3. The highest BCUT2D eigenvalue weighted by molar-refractivity contribution is 5.88. The number of anilines is 1. The molecule has 3 aromatic rings. The molecule has 0 saturated carbocycles. The van der Waals surface area contributed by atoms with Crippen LogP contribution in [0.25, 0.3) is 10.8 Å². The van der Waals surface area contributed by atoms with E-state index in [0.29, 0.717) is 12.0 Å². The summed E-state index contributed by atoms with van der Waals surface area (Å²) in [6, 6.07) is 18.9. The van der Waals surface area contributed by atoms with Crippen LogP contribution in [0, 0.1) is 13.8 Å². The molecule has 2 atom stereocenters. The fourth-order valence-electron chi connectivity index (χ4n) is 5.97. The summed E-state index contributed by atoms with van der Waals surface area (Å²) in [7, 11) is 0. The Hall–Kier alpha value is -2.28. The van der Waals surface area contributed by atoms with Gasteiger partial charge in [0.2, 0.25) is 0 Å². The first kappa shape index (κ1) is 21.0. The number of hydrogen-bond donors (Lipinski definition) is 0. The second-order valence-corrected chi connectivity index (χ2v) is 9.89. The fourth-order valence-corrected chi connectivity index (χ4v) is 5.97. The minimum Gasteiger partial charge on any atom is -0.363 e. The Labute approximate surface area is 183 Å². The highest BCUT2D eigenvalue weighted by Gasteiger charge is 2.46.